The summed E-state index contributed by atoms with van der Waals surface area (Å²) >= 11 is 6.75. The fourth-order valence-electron chi connectivity index (χ4n) is 2.99. The van der Waals surface area contributed by atoms with Gasteiger partial charge in [-0.25, -0.2) is 0 Å². The maximum Gasteiger partial charge on any atom is 0.266 e. The van der Waals surface area contributed by atoms with Crippen molar-refractivity contribution in [1.82, 2.24) is 0 Å². The van der Waals surface area contributed by atoms with Crippen LogP contribution in [0.3, 0.4) is 0 Å². The molecule has 130 valence electrons. The largest absolute Gasteiger partial charge is 0.373 e. The van der Waals surface area contributed by atoms with Crippen molar-refractivity contribution in [3.63, 3.8) is 0 Å². The van der Waals surface area contributed by atoms with Gasteiger partial charge in [0.15, 0.2) is 5.78 Å². The molecule has 0 saturated carbocycles. The molecule has 0 spiro atoms. The first-order valence-corrected chi connectivity index (χ1v) is 9.56. The molecule has 0 radical (unpaired) electrons. The lowest BCUT2D eigenvalue weighted by molar-refractivity contribution is -0.147. The van der Waals surface area contributed by atoms with Gasteiger partial charge < -0.3 is 10.0 Å². The van der Waals surface area contributed by atoms with E-state index in [-0.39, 0.29) is 12.8 Å². The molecule has 1 saturated heterocycles. The molecule has 1 amide bonds. The van der Waals surface area contributed by atoms with Crippen molar-refractivity contribution in [3.8, 4) is 0 Å². The van der Waals surface area contributed by atoms with Crippen LogP contribution in [-0.2, 0) is 16.0 Å². The third kappa shape index (κ3) is 3.86. The van der Waals surface area contributed by atoms with E-state index in [0.717, 1.165) is 14.5 Å². The summed E-state index contributed by atoms with van der Waals surface area (Å²) in [5.41, 5.74) is -0.246. The Kier molecular flexibility index (Phi) is 5.41. The van der Waals surface area contributed by atoms with Gasteiger partial charge in [-0.05, 0) is 48.4 Å². The third-order valence-electron chi connectivity index (χ3n) is 4.43. The molecule has 1 fully saturated rings. The minimum absolute atomic E-state index is 0.124. The zero-order valence-electron chi connectivity index (χ0n) is 13.4. The zero-order valence-corrected chi connectivity index (χ0v) is 16.6. The van der Waals surface area contributed by atoms with Crippen LogP contribution in [0.25, 0.3) is 0 Å². The van der Waals surface area contributed by atoms with Gasteiger partial charge in [0.2, 0.25) is 5.60 Å². The average molecular weight is 467 g/mol. The van der Waals surface area contributed by atoms with Gasteiger partial charge >= 0.3 is 0 Å². The van der Waals surface area contributed by atoms with E-state index in [2.05, 4.69) is 31.9 Å². The number of ketones is 1. The second kappa shape index (κ2) is 7.40. The minimum Gasteiger partial charge on any atom is -0.373 e. The number of rotatable bonds is 5. The molecule has 1 N–H and O–H groups in total. The zero-order chi connectivity index (χ0) is 18.0. The smallest absolute Gasteiger partial charge is 0.266 e. The number of anilines is 1. The monoisotopic (exact) mass is 465 g/mol. The number of hydrogen-bond donors (Lipinski definition) is 1. The first kappa shape index (κ1) is 18.3. The lowest BCUT2D eigenvalue weighted by atomic mass is 9.92. The molecular weight excluding hydrogens is 450 g/mol. The fraction of sp³-hybridized carbons (Fsp3) is 0.263. The van der Waals surface area contributed by atoms with Gasteiger partial charge in [0.25, 0.3) is 5.91 Å². The Morgan fingerprint density at radius 2 is 1.84 bits per heavy atom. The SMILES string of the molecule is O=C(CCc1cccc(Br)c1)[C@]1(O)CCN(c2ccc(Br)cc2)C1=O. The molecule has 1 atom stereocenters. The van der Waals surface area contributed by atoms with E-state index in [4.69, 9.17) is 0 Å². The second-order valence-corrected chi connectivity index (χ2v) is 7.93. The first-order chi connectivity index (χ1) is 11.9. The number of halogens is 2. The van der Waals surface area contributed by atoms with Crippen molar-refractivity contribution in [2.24, 2.45) is 0 Å². The fourth-order valence-corrected chi connectivity index (χ4v) is 3.70. The Hall–Kier alpha value is -1.50. The van der Waals surface area contributed by atoms with Crippen LogP contribution in [0, 0.1) is 0 Å². The normalized spacial score (nSPS) is 20.1. The number of nitrogens with zero attached hydrogens (tertiary/aromatic N) is 1. The van der Waals surface area contributed by atoms with Crippen molar-refractivity contribution in [3.05, 3.63) is 63.0 Å². The van der Waals surface area contributed by atoms with Gasteiger partial charge in [-0.3, -0.25) is 9.59 Å². The van der Waals surface area contributed by atoms with Crippen LogP contribution in [0.2, 0.25) is 0 Å². The molecule has 0 bridgehead atoms. The Labute approximate surface area is 163 Å². The number of aliphatic hydroxyl groups is 1. The molecule has 0 unspecified atom stereocenters. The molecule has 1 aliphatic heterocycles. The number of Topliss-reactive ketones (excluding diaryl/α,β-unsaturated/α-hetero) is 1. The number of amides is 1. The number of carbonyl (C=O) groups is 2. The molecule has 0 aromatic heterocycles. The Balaban J connectivity index is 1.69. The lowest BCUT2D eigenvalue weighted by Gasteiger charge is -2.21. The first-order valence-electron chi connectivity index (χ1n) is 7.98. The van der Waals surface area contributed by atoms with Crippen molar-refractivity contribution in [2.45, 2.75) is 24.9 Å². The average Bonchev–Trinajstić information content (AvgIpc) is 2.90. The number of hydrogen-bond acceptors (Lipinski definition) is 3. The van der Waals surface area contributed by atoms with Crippen LogP contribution in [0.1, 0.15) is 18.4 Å². The lowest BCUT2D eigenvalue weighted by Crippen LogP contribution is -2.47. The Morgan fingerprint density at radius 3 is 2.52 bits per heavy atom. The summed E-state index contributed by atoms with van der Waals surface area (Å²) in [5.74, 6) is -0.953. The summed E-state index contributed by atoms with van der Waals surface area (Å²) in [6.07, 6.45) is 0.748. The molecule has 6 heteroatoms. The standard InChI is InChI=1S/C19H17Br2NO3/c20-14-5-7-16(8-6-14)22-11-10-19(25,18(22)24)17(23)9-4-13-2-1-3-15(21)12-13/h1-3,5-8,12,25H,4,9-11H2/t19-/m1/s1. The Morgan fingerprint density at radius 1 is 1.12 bits per heavy atom. The van der Waals surface area contributed by atoms with Gasteiger partial charge in [-0.1, -0.05) is 44.0 Å². The van der Waals surface area contributed by atoms with E-state index < -0.39 is 17.3 Å². The van der Waals surface area contributed by atoms with Crippen molar-refractivity contribution < 1.29 is 14.7 Å². The van der Waals surface area contributed by atoms with E-state index in [1.54, 1.807) is 12.1 Å². The molecule has 2 aromatic rings. The molecule has 4 nitrogen and oxygen atoms in total. The molecular formula is C19H17Br2NO3. The van der Waals surface area contributed by atoms with Crippen molar-refractivity contribution in [1.29, 1.82) is 0 Å². The molecule has 25 heavy (non-hydrogen) atoms. The molecule has 3 rings (SSSR count). The highest BCUT2D eigenvalue weighted by Crippen LogP contribution is 2.31. The summed E-state index contributed by atoms with van der Waals surface area (Å²) in [5, 5.41) is 10.7. The van der Waals surface area contributed by atoms with Gasteiger partial charge in [0, 0.05) is 34.0 Å². The maximum atomic E-state index is 12.7. The van der Waals surface area contributed by atoms with Crippen molar-refractivity contribution >= 4 is 49.2 Å². The molecule has 1 heterocycles. The predicted molar refractivity (Wildman–Crippen MR) is 104 cm³/mol. The van der Waals surface area contributed by atoms with Crippen LogP contribution in [0.15, 0.2) is 57.5 Å². The summed E-state index contributed by atoms with van der Waals surface area (Å²) in [7, 11) is 0. The highest BCUT2D eigenvalue weighted by atomic mass is 79.9. The highest BCUT2D eigenvalue weighted by Gasteiger charge is 2.50. The molecule has 1 aliphatic rings. The third-order valence-corrected chi connectivity index (χ3v) is 5.45. The molecule has 2 aromatic carbocycles. The number of aryl methyl sites for hydroxylation is 1. The van der Waals surface area contributed by atoms with E-state index >= 15 is 0 Å². The minimum atomic E-state index is -1.92. The van der Waals surface area contributed by atoms with E-state index in [1.807, 2.05) is 36.4 Å². The number of carbonyl (C=O) groups excluding carboxylic acids is 2. The predicted octanol–water partition coefficient (Wildman–Crippen LogP) is 3.88. The van der Waals surface area contributed by atoms with Crippen LogP contribution >= 0.6 is 31.9 Å². The molecule has 0 aliphatic carbocycles. The van der Waals surface area contributed by atoms with E-state index in [1.165, 1.54) is 4.90 Å². The summed E-state index contributed by atoms with van der Waals surface area (Å²) < 4.78 is 1.85. The summed E-state index contributed by atoms with van der Waals surface area (Å²) in [6, 6.07) is 14.9. The van der Waals surface area contributed by atoms with E-state index in [0.29, 0.717) is 18.7 Å². The quantitative estimate of drug-likeness (QED) is 0.680. The van der Waals surface area contributed by atoms with Gasteiger partial charge in [-0.2, -0.15) is 0 Å². The topological polar surface area (TPSA) is 57.6 Å². The van der Waals surface area contributed by atoms with Crippen LogP contribution in [0.5, 0.6) is 0 Å². The second-order valence-electron chi connectivity index (χ2n) is 6.10. The highest BCUT2D eigenvalue weighted by molar-refractivity contribution is 9.10. The van der Waals surface area contributed by atoms with E-state index in [9.17, 15) is 14.7 Å². The van der Waals surface area contributed by atoms with Gasteiger partial charge in [0.1, 0.15) is 0 Å². The van der Waals surface area contributed by atoms with Crippen LogP contribution < -0.4 is 4.90 Å². The van der Waals surface area contributed by atoms with Gasteiger partial charge in [-0.15, -0.1) is 0 Å². The van der Waals surface area contributed by atoms with Gasteiger partial charge in [0.05, 0.1) is 0 Å². The number of benzene rings is 2. The van der Waals surface area contributed by atoms with Crippen LogP contribution in [-0.4, -0.2) is 28.9 Å². The summed E-state index contributed by atoms with van der Waals surface area (Å²) in [6.45, 7) is 0.333. The Bertz CT molecular complexity index is 807. The van der Waals surface area contributed by atoms with Crippen molar-refractivity contribution in [2.75, 3.05) is 11.4 Å². The van der Waals surface area contributed by atoms with Crippen LogP contribution in [0.4, 0.5) is 5.69 Å². The maximum absolute atomic E-state index is 12.7. The summed E-state index contributed by atoms with van der Waals surface area (Å²) in [4.78, 5) is 26.7.